The number of benzene rings is 2. The van der Waals surface area contributed by atoms with Crippen LogP contribution in [0, 0.1) is 12.7 Å². The minimum atomic E-state index is -3.89. The van der Waals surface area contributed by atoms with Gasteiger partial charge in [0.1, 0.15) is 5.82 Å². The van der Waals surface area contributed by atoms with Crippen molar-refractivity contribution in [1.82, 2.24) is 10.2 Å². The summed E-state index contributed by atoms with van der Waals surface area (Å²) in [5.41, 5.74) is 0.886. The molecule has 134 valence electrons. The van der Waals surface area contributed by atoms with Gasteiger partial charge in [-0.3, -0.25) is 4.72 Å². The van der Waals surface area contributed by atoms with Crippen molar-refractivity contribution in [2.45, 2.75) is 11.8 Å². The Hall–Kier alpha value is -2.71. The third-order valence-corrected chi connectivity index (χ3v) is 5.16. The summed E-state index contributed by atoms with van der Waals surface area (Å²) in [6, 6.07) is 13.7. The van der Waals surface area contributed by atoms with E-state index >= 15 is 0 Å². The molecule has 0 atom stereocenters. The van der Waals surface area contributed by atoms with Gasteiger partial charge < -0.3 is 5.32 Å². The molecule has 0 saturated carbocycles. The molecule has 0 amide bonds. The largest absolute Gasteiger partial charge is 0.338 e. The van der Waals surface area contributed by atoms with E-state index in [1.165, 1.54) is 25.1 Å². The van der Waals surface area contributed by atoms with Gasteiger partial charge in [-0.2, -0.15) is 0 Å². The number of para-hydroxylation sites is 1. The molecule has 9 heteroatoms. The van der Waals surface area contributed by atoms with Crippen molar-refractivity contribution in [3.8, 4) is 0 Å². The van der Waals surface area contributed by atoms with E-state index in [-0.39, 0.29) is 16.3 Å². The van der Waals surface area contributed by atoms with Crippen molar-refractivity contribution in [1.29, 1.82) is 0 Å². The number of rotatable bonds is 5. The SMILES string of the molecule is Cc1cc(S(=O)(=O)Nc2ccc(Nc3ccccc3Cl)nn2)ccc1F. The van der Waals surface area contributed by atoms with Crippen molar-refractivity contribution in [2.75, 3.05) is 10.0 Å². The topological polar surface area (TPSA) is 84.0 Å². The molecule has 2 N–H and O–H groups in total. The summed E-state index contributed by atoms with van der Waals surface area (Å²) in [6.07, 6.45) is 0. The van der Waals surface area contributed by atoms with E-state index in [1.54, 1.807) is 24.3 Å². The number of aryl methyl sites for hydroxylation is 1. The molecule has 26 heavy (non-hydrogen) atoms. The third-order valence-electron chi connectivity index (χ3n) is 3.48. The van der Waals surface area contributed by atoms with Gasteiger partial charge in [0.2, 0.25) is 0 Å². The average Bonchev–Trinajstić information content (AvgIpc) is 2.60. The first kappa shape index (κ1) is 18.1. The second kappa shape index (κ2) is 7.27. The summed E-state index contributed by atoms with van der Waals surface area (Å²) in [5, 5.41) is 11.3. The summed E-state index contributed by atoms with van der Waals surface area (Å²) in [5.74, 6) is -0.0332. The first-order chi connectivity index (χ1) is 12.3. The number of anilines is 3. The van der Waals surface area contributed by atoms with E-state index < -0.39 is 15.8 Å². The van der Waals surface area contributed by atoms with E-state index in [0.29, 0.717) is 16.5 Å². The number of halogens is 2. The fourth-order valence-electron chi connectivity index (χ4n) is 2.13. The second-order valence-corrected chi connectivity index (χ2v) is 7.51. The van der Waals surface area contributed by atoms with E-state index in [1.807, 2.05) is 6.07 Å². The van der Waals surface area contributed by atoms with Gasteiger partial charge in [-0.25, -0.2) is 12.8 Å². The zero-order valence-electron chi connectivity index (χ0n) is 13.6. The maximum absolute atomic E-state index is 13.3. The molecule has 0 aliphatic carbocycles. The molecule has 6 nitrogen and oxygen atoms in total. The van der Waals surface area contributed by atoms with Gasteiger partial charge in [0.25, 0.3) is 10.0 Å². The van der Waals surface area contributed by atoms with E-state index in [4.69, 9.17) is 11.6 Å². The molecule has 1 heterocycles. The highest BCUT2D eigenvalue weighted by atomic mass is 35.5. The Morgan fingerprint density at radius 1 is 1.00 bits per heavy atom. The Bertz CT molecular complexity index is 1040. The molecular weight excluding hydrogens is 379 g/mol. The van der Waals surface area contributed by atoms with Crippen LogP contribution in [0.25, 0.3) is 0 Å². The molecule has 0 spiro atoms. The van der Waals surface area contributed by atoms with Crippen molar-refractivity contribution in [3.63, 3.8) is 0 Å². The highest BCUT2D eigenvalue weighted by Crippen LogP contribution is 2.24. The van der Waals surface area contributed by atoms with Crippen LogP contribution in [0.3, 0.4) is 0 Å². The van der Waals surface area contributed by atoms with Crippen LogP contribution in [-0.4, -0.2) is 18.6 Å². The van der Waals surface area contributed by atoms with Crippen LogP contribution in [-0.2, 0) is 10.0 Å². The molecule has 0 radical (unpaired) electrons. The fraction of sp³-hybridized carbons (Fsp3) is 0.0588. The average molecular weight is 393 g/mol. The Labute approximate surface area is 155 Å². The Morgan fingerprint density at radius 3 is 2.35 bits per heavy atom. The van der Waals surface area contributed by atoms with Crippen LogP contribution in [0.2, 0.25) is 5.02 Å². The number of sulfonamides is 1. The van der Waals surface area contributed by atoms with Crippen molar-refractivity contribution >= 4 is 38.9 Å². The highest BCUT2D eigenvalue weighted by molar-refractivity contribution is 7.92. The molecule has 3 aromatic rings. The third kappa shape index (κ3) is 4.09. The number of aromatic nitrogens is 2. The summed E-state index contributed by atoms with van der Waals surface area (Å²) < 4.78 is 40.3. The van der Waals surface area contributed by atoms with Gasteiger partial charge in [0, 0.05) is 0 Å². The normalized spacial score (nSPS) is 11.2. The van der Waals surface area contributed by atoms with Crippen molar-refractivity contribution in [2.24, 2.45) is 0 Å². The number of nitrogens with zero attached hydrogens (tertiary/aromatic N) is 2. The quantitative estimate of drug-likeness (QED) is 0.682. The lowest BCUT2D eigenvalue weighted by Crippen LogP contribution is -2.14. The van der Waals surface area contributed by atoms with Crippen LogP contribution in [0.1, 0.15) is 5.56 Å². The van der Waals surface area contributed by atoms with Gasteiger partial charge in [-0.15, -0.1) is 10.2 Å². The monoisotopic (exact) mass is 392 g/mol. The number of nitrogens with one attached hydrogen (secondary N) is 2. The molecule has 0 fully saturated rings. The molecule has 0 bridgehead atoms. The first-order valence-corrected chi connectivity index (χ1v) is 9.35. The van der Waals surface area contributed by atoms with E-state index in [0.717, 1.165) is 6.07 Å². The van der Waals surface area contributed by atoms with Gasteiger partial charge >= 0.3 is 0 Å². The molecule has 1 aromatic heterocycles. The molecule has 2 aromatic carbocycles. The number of hydrogen-bond acceptors (Lipinski definition) is 5. The highest BCUT2D eigenvalue weighted by Gasteiger charge is 2.16. The molecule has 0 saturated heterocycles. The maximum atomic E-state index is 13.3. The minimum Gasteiger partial charge on any atom is -0.338 e. The molecule has 0 aliphatic rings. The summed E-state index contributed by atoms with van der Waals surface area (Å²) >= 11 is 6.06. The van der Waals surface area contributed by atoms with Gasteiger partial charge in [-0.05, 0) is 55.0 Å². The van der Waals surface area contributed by atoms with Crippen LogP contribution in [0.4, 0.5) is 21.7 Å². The van der Waals surface area contributed by atoms with Crippen LogP contribution < -0.4 is 10.0 Å². The van der Waals surface area contributed by atoms with Crippen LogP contribution in [0.5, 0.6) is 0 Å². The predicted molar refractivity (Wildman–Crippen MR) is 98.7 cm³/mol. The van der Waals surface area contributed by atoms with E-state index in [2.05, 4.69) is 20.2 Å². The first-order valence-electron chi connectivity index (χ1n) is 7.49. The Morgan fingerprint density at radius 2 is 1.69 bits per heavy atom. The lowest BCUT2D eigenvalue weighted by atomic mass is 10.2. The maximum Gasteiger partial charge on any atom is 0.263 e. The number of hydrogen-bond donors (Lipinski definition) is 2. The van der Waals surface area contributed by atoms with Crippen molar-refractivity contribution < 1.29 is 12.8 Å². The minimum absolute atomic E-state index is 0.0386. The molecule has 0 unspecified atom stereocenters. The van der Waals surface area contributed by atoms with Crippen LogP contribution in [0.15, 0.2) is 59.5 Å². The van der Waals surface area contributed by atoms with Gasteiger partial charge in [0.05, 0.1) is 15.6 Å². The summed E-state index contributed by atoms with van der Waals surface area (Å²) in [4.78, 5) is -0.0588. The second-order valence-electron chi connectivity index (χ2n) is 5.43. The molecule has 3 rings (SSSR count). The Kier molecular flexibility index (Phi) is 5.06. The lowest BCUT2D eigenvalue weighted by Gasteiger charge is -2.09. The predicted octanol–water partition coefficient (Wildman–Crippen LogP) is 4.12. The fourth-order valence-corrected chi connectivity index (χ4v) is 3.40. The standard InChI is InChI=1S/C17H14ClFN4O2S/c1-11-10-12(6-7-14(11)19)26(24,25)23-17-9-8-16(21-22-17)20-15-5-3-2-4-13(15)18/h2-10H,1H3,(H,20,21)(H,22,23). The summed E-state index contributed by atoms with van der Waals surface area (Å²) in [6.45, 7) is 1.49. The molecule has 0 aliphatic heterocycles. The van der Waals surface area contributed by atoms with Gasteiger partial charge in [-0.1, -0.05) is 23.7 Å². The van der Waals surface area contributed by atoms with E-state index in [9.17, 15) is 12.8 Å². The zero-order chi connectivity index (χ0) is 18.7. The molecular formula is C17H14ClFN4O2S. The zero-order valence-corrected chi connectivity index (χ0v) is 15.1. The summed E-state index contributed by atoms with van der Waals surface area (Å²) in [7, 11) is -3.89. The van der Waals surface area contributed by atoms with Crippen molar-refractivity contribution in [3.05, 3.63) is 71.0 Å². The Balaban J connectivity index is 1.76. The van der Waals surface area contributed by atoms with Gasteiger partial charge in [0.15, 0.2) is 11.6 Å². The van der Waals surface area contributed by atoms with Crippen LogP contribution >= 0.6 is 11.6 Å². The lowest BCUT2D eigenvalue weighted by molar-refractivity contribution is 0.598. The smallest absolute Gasteiger partial charge is 0.263 e.